The van der Waals surface area contributed by atoms with E-state index in [9.17, 15) is 19.7 Å². The highest BCUT2D eigenvalue weighted by Crippen LogP contribution is 2.25. The summed E-state index contributed by atoms with van der Waals surface area (Å²) in [6.45, 7) is 6.08. The second kappa shape index (κ2) is 10.3. The van der Waals surface area contributed by atoms with Crippen LogP contribution in [0.25, 0.3) is 0 Å². The summed E-state index contributed by atoms with van der Waals surface area (Å²) in [5, 5.41) is 16.8. The van der Waals surface area contributed by atoms with Crippen LogP contribution in [0.1, 0.15) is 31.1 Å². The number of nitrogens with one attached hydrogen (secondary N) is 2. The number of nitro groups is 1. The number of amides is 1. The van der Waals surface area contributed by atoms with Gasteiger partial charge >= 0.3 is 5.97 Å². The Hall–Kier alpha value is -2.68. The average Bonchev–Trinajstić information content (AvgIpc) is 2.59. The predicted octanol–water partition coefficient (Wildman–Crippen LogP) is 1.97. The molecule has 144 valence electrons. The van der Waals surface area contributed by atoms with Gasteiger partial charge in [-0.25, -0.2) is 4.79 Å². The van der Waals surface area contributed by atoms with Crippen molar-refractivity contribution in [2.75, 3.05) is 32.2 Å². The van der Waals surface area contributed by atoms with E-state index in [4.69, 9.17) is 9.47 Å². The lowest BCUT2D eigenvalue weighted by molar-refractivity contribution is -0.384. The van der Waals surface area contributed by atoms with E-state index in [1.807, 2.05) is 20.8 Å². The fourth-order valence-corrected chi connectivity index (χ4v) is 1.92. The summed E-state index contributed by atoms with van der Waals surface area (Å²) in [6, 6.07) is 3.89. The van der Waals surface area contributed by atoms with Gasteiger partial charge in [-0.15, -0.1) is 0 Å². The normalized spacial score (nSPS) is 11.7. The Balaban J connectivity index is 2.72. The van der Waals surface area contributed by atoms with Gasteiger partial charge in [-0.3, -0.25) is 14.9 Å². The summed E-state index contributed by atoms with van der Waals surface area (Å²) in [5.41, 5.74) is 0.0132. The molecule has 0 aliphatic carbocycles. The number of anilines is 1. The number of carbonyl (C=O) groups excluding carboxylic acids is 2. The van der Waals surface area contributed by atoms with Crippen LogP contribution in [0.4, 0.5) is 11.4 Å². The van der Waals surface area contributed by atoms with Crippen molar-refractivity contribution in [1.29, 1.82) is 0 Å². The van der Waals surface area contributed by atoms with Crippen molar-refractivity contribution in [2.45, 2.75) is 26.8 Å². The van der Waals surface area contributed by atoms with Gasteiger partial charge in [0.05, 0.1) is 17.1 Å². The molecule has 0 unspecified atom stereocenters. The number of hydrogen-bond acceptors (Lipinski definition) is 7. The van der Waals surface area contributed by atoms with Gasteiger partial charge in [0, 0.05) is 25.8 Å². The average molecular weight is 367 g/mol. The van der Waals surface area contributed by atoms with E-state index in [0.29, 0.717) is 13.2 Å². The number of ether oxygens (including phenoxy) is 2. The predicted molar refractivity (Wildman–Crippen MR) is 96.2 cm³/mol. The van der Waals surface area contributed by atoms with Crippen molar-refractivity contribution in [3.05, 3.63) is 33.9 Å². The number of esters is 1. The molecule has 0 aromatic heterocycles. The molecule has 1 atom stereocenters. The highest BCUT2D eigenvalue weighted by atomic mass is 16.6. The van der Waals surface area contributed by atoms with Crippen molar-refractivity contribution >= 4 is 23.3 Å². The summed E-state index contributed by atoms with van der Waals surface area (Å²) >= 11 is 0. The maximum Gasteiger partial charge on any atom is 0.338 e. The third kappa shape index (κ3) is 6.67. The van der Waals surface area contributed by atoms with Gasteiger partial charge < -0.3 is 20.1 Å². The summed E-state index contributed by atoms with van der Waals surface area (Å²) < 4.78 is 9.81. The van der Waals surface area contributed by atoms with Gasteiger partial charge in [-0.1, -0.05) is 13.8 Å². The molecule has 0 bridgehead atoms. The van der Waals surface area contributed by atoms with Crippen LogP contribution in [0.5, 0.6) is 0 Å². The fourth-order valence-electron chi connectivity index (χ4n) is 1.92. The van der Waals surface area contributed by atoms with Crippen molar-refractivity contribution in [3.8, 4) is 0 Å². The lowest BCUT2D eigenvalue weighted by Gasteiger charge is -2.17. The van der Waals surface area contributed by atoms with E-state index < -0.39 is 23.4 Å². The maximum absolute atomic E-state index is 12.1. The van der Waals surface area contributed by atoms with Gasteiger partial charge in [-0.05, 0) is 25.0 Å². The lowest BCUT2D eigenvalue weighted by Crippen LogP contribution is -2.38. The molecule has 9 heteroatoms. The molecule has 0 saturated carbocycles. The number of methoxy groups -OCH3 is 1. The fraction of sp³-hybridized carbons (Fsp3) is 0.529. The summed E-state index contributed by atoms with van der Waals surface area (Å²) in [5.74, 6) is -0.980. The third-order valence-electron chi connectivity index (χ3n) is 3.77. The van der Waals surface area contributed by atoms with Gasteiger partial charge in [0.15, 0.2) is 6.61 Å². The SMILES string of the molecule is COCCNc1ccc(C(=O)OCC(=O)N[C@@H](C)C(C)C)cc1[N+](=O)[O-]. The van der Waals surface area contributed by atoms with E-state index in [1.165, 1.54) is 19.2 Å². The minimum absolute atomic E-state index is 0.00120. The van der Waals surface area contributed by atoms with Crippen LogP contribution in [0.15, 0.2) is 18.2 Å². The molecule has 26 heavy (non-hydrogen) atoms. The van der Waals surface area contributed by atoms with Gasteiger partial charge in [0.25, 0.3) is 11.6 Å². The molecule has 9 nitrogen and oxygen atoms in total. The lowest BCUT2D eigenvalue weighted by atomic mass is 10.1. The van der Waals surface area contributed by atoms with Gasteiger partial charge in [0.2, 0.25) is 0 Å². The molecule has 0 fully saturated rings. The van der Waals surface area contributed by atoms with Crippen molar-refractivity contribution in [2.24, 2.45) is 5.92 Å². The minimum Gasteiger partial charge on any atom is -0.452 e. The molecule has 0 aliphatic rings. The minimum atomic E-state index is -0.802. The molecule has 0 saturated heterocycles. The van der Waals surface area contributed by atoms with Crippen LogP contribution in [0.2, 0.25) is 0 Å². The number of carbonyl (C=O) groups is 2. The highest BCUT2D eigenvalue weighted by molar-refractivity contribution is 5.93. The Morgan fingerprint density at radius 2 is 1.96 bits per heavy atom. The van der Waals surface area contributed by atoms with E-state index in [2.05, 4.69) is 10.6 Å². The van der Waals surface area contributed by atoms with Crippen molar-refractivity contribution in [1.82, 2.24) is 5.32 Å². The first-order chi connectivity index (χ1) is 12.3. The zero-order chi connectivity index (χ0) is 19.7. The number of benzene rings is 1. The molecule has 0 radical (unpaired) electrons. The Morgan fingerprint density at radius 1 is 1.27 bits per heavy atom. The second-order valence-electron chi connectivity index (χ2n) is 6.08. The molecular formula is C17H25N3O6. The quantitative estimate of drug-likeness (QED) is 0.281. The van der Waals surface area contributed by atoms with E-state index >= 15 is 0 Å². The van der Waals surface area contributed by atoms with Crippen LogP contribution in [-0.4, -0.2) is 49.7 Å². The Labute approximate surface area is 152 Å². The molecule has 0 aliphatic heterocycles. The summed E-state index contributed by atoms with van der Waals surface area (Å²) in [6.07, 6.45) is 0. The highest BCUT2D eigenvalue weighted by Gasteiger charge is 2.19. The standard InChI is InChI=1S/C17H25N3O6/c1-11(2)12(3)19-16(21)10-26-17(22)13-5-6-14(18-7-8-25-4)15(9-13)20(23)24/h5-6,9,11-12,18H,7-8,10H2,1-4H3,(H,19,21)/t12-/m0/s1. The molecule has 0 heterocycles. The Morgan fingerprint density at radius 3 is 2.54 bits per heavy atom. The largest absolute Gasteiger partial charge is 0.452 e. The Kier molecular flexibility index (Phi) is 8.50. The van der Waals surface area contributed by atoms with E-state index in [1.54, 1.807) is 0 Å². The summed E-state index contributed by atoms with van der Waals surface area (Å²) in [7, 11) is 1.52. The number of nitrogens with zero attached hydrogens (tertiary/aromatic N) is 1. The molecule has 0 spiro atoms. The maximum atomic E-state index is 12.1. The summed E-state index contributed by atoms with van der Waals surface area (Å²) in [4.78, 5) is 34.4. The Bertz CT molecular complexity index is 647. The molecule has 1 aromatic rings. The zero-order valence-corrected chi connectivity index (χ0v) is 15.4. The van der Waals surface area contributed by atoms with E-state index in [-0.39, 0.29) is 28.9 Å². The first-order valence-corrected chi connectivity index (χ1v) is 8.24. The van der Waals surface area contributed by atoms with Crippen molar-refractivity contribution in [3.63, 3.8) is 0 Å². The van der Waals surface area contributed by atoms with E-state index in [0.717, 1.165) is 6.07 Å². The van der Waals surface area contributed by atoms with Crippen LogP contribution in [0, 0.1) is 16.0 Å². The monoisotopic (exact) mass is 367 g/mol. The van der Waals surface area contributed by atoms with Crippen LogP contribution in [0.3, 0.4) is 0 Å². The first-order valence-electron chi connectivity index (χ1n) is 8.24. The second-order valence-corrected chi connectivity index (χ2v) is 6.08. The topological polar surface area (TPSA) is 120 Å². The molecule has 1 amide bonds. The number of rotatable bonds is 10. The van der Waals surface area contributed by atoms with Gasteiger partial charge in [0.1, 0.15) is 5.69 Å². The molecular weight excluding hydrogens is 342 g/mol. The number of nitro benzene ring substituents is 1. The third-order valence-corrected chi connectivity index (χ3v) is 3.77. The van der Waals surface area contributed by atoms with Crippen LogP contribution >= 0.6 is 0 Å². The first kappa shape index (κ1) is 21.4. The molecule has 1 aromatic carbocycles. The van der Waals surface area contributed by atoms with Gasteiger partial charge in [-0.2, -0.15) is 0 Å². The number of hydrogen-bond donors (Lipinski definition) is 2. The smallest absolute Gasteiger partial charge is 0.338 e. The zero-order valence-electron chi connectivity index (χ0n) is 15.4. The molecule has 1 rings (SSSR count). The molecule has 2 N–H and O–H groups in total. The van der Waals surface area contributed by atoms with Crippen LogP contribution in [-0.2, 0) is 14.3 Å². The van der Waals surface area contributed by atoms with Crippen LogP contribution < -0.4 is 10.6 Å². The van der Waals surface area contributed by atoms with Crippen molar-refractivity contribution < 1.29 is 24.0 Å².